The topological polar surface area (TPSA) is 33.0 Å². The molecule has 1 aromatic carbocycles. The molecular weight excluding hydrogens is 210 g/mol. The molecule has 1 saturated carbocycles. The molecule has 1 aliphatic carbocycles. The Balaban J connectivity index is 2.10. The molecule has 0 radical (unpaired) electrons. The van der Waals surface area contributed by atoms with Gasteiger partial charge in [0.05, 0.1) is 11.7 Å². The molecule has 1 fully saturated rings. The second-order valence-electron chi connectivity index (χ2n) is 5.12. The van der Waals surface area contributed by atoms with Crippen LogP contribution in [-0.2, 0) is 0 Å². The second-order valence-corrected chi connectivity index (χ2v) is 5.12. The van der Waals surface area contributed by atoms with Gasteiger partial charge in [-0.15, -0.1) is 0 Å². The van der Waals surface area contributed by atoms with Gasteiger partial charge in [-0.05, 0) is 49.8 Å². The molecule has 1 aromatic rings. The Hall–Kier alpha value is -1.49. The van der Waals surface area contributed by atoms with Gasteiger partial charge in [0.2, 0.25) is 0 Å². The SMILES string of the molecule is Cc1ccc(OC2CCCC(C)C2)c(C#N)c1. The van der Waals surface area contributed by atoms with Crippen LogP contribution in [0.2, 0.25) is 0 Å². The molecule has 2 atom stereocenters. The van der Waals surface area contributed by atoms with Gasteiger partial charge >= 0.3 is 0 Å². The number of hydrogen-bond acceptors (Lipinski definition) is 2. The molecule has 90 valence electrons. The van der Waals surface area contributed by atoms with E-state index < -0.39 is 0 Å². The summed E-state index contributed by atoms with van der Waals surface area (Å²) in [4.78, 5) is 0. The molecular formula is C15H19NO. The molecule has 2 heteroatoms. The first kappa shape index (κ1) is 12.0. The van der Waals surface area contributed by atoms with E-state index in [2.05, 4.69) is 13.0 Å². The van der Waals surface area contributed by atoms with E-state index >= 15 is 0 Å². The van der Waals surface area contributed by atoms with E-state index in [1.807, 2.05) is 25.1 Å². The molecule has 1 aliphatic rings. The highest BCUT2D eigenvalue weighted by Crippen LogP contribution is 2.29. The van der Waals surface area contributed by atoms with Gasteiger partial charge in [-0.1, -0.05) is 19.4 Å². The summed E-state index contributed by atoms with van der Waals surface area (Å²) in [5.41, 5.74) is 1.76. The Morgan fingerprint density at radius 3 is 2.88 bits per heavy atom. The minimum atomic E-state index is 0.286. The van der Waals surface area contributed by atoms with Crippen LogP contribution < -0.4 is 4.74 Å². The summed E-state index contributed by atoms with van der Waals surface area (Å²) in [6.07, 6.45) is 5.05. The lowest BCUT2D eigenvalue weighted by atomic mass is 9.88. The lowest BCUT2D eigenvalue weighted by molar-refractivity contribution is 0.129. The van der Waals surface area contributed by atoms with Crippen LogP contribution in [0.4, 0.5) is 0 Å². The van der Waals surface area contributed by atoms with E-state index in [-0.39, 0.29) is 6.10 Å². The number of ether oxygens (including phenoxy) is 1. The van der Waals surface area contributed by atoms with Crippen LogP contribution in [-0.4, -0.2) is 6.10 Å². The van der Waals surface area contributed by atoms with Crippen LogP contribution in [0.15, 0.2) is 18.2 Å². The van der Waals surface area contributed by atoms with Crippen LogP contribution in [0.3, 0.4) is 0 Å². The van der Waals surface area contributed by atoms with Crippen molar-refractivity contribution in [3.05, 3.63) is 29.3 Å². The van der Waals surface area contributed by atoms with Crippen LogP contribution in [0, 0.1) is 24.2 Å². The fourth-order valence-corrected chi connectivity index (χ4v) is 2.50. The van der Waals surface area contributed by atoms with Crippen molar-refractivity contribution in [1.29, 1.82) is 5.26 Å². The lowest BCUT2D eigenvalue weighted by Crippen LogP contribution is -2.24. The van der Waals surface area contributed by atoms with E-state index in [4.69, 9.17) is 10.00 Å². The molecule has 0 bridgehead atoms. The van der Waals surface area contributed by atoms with Gasteiger partial charge in [-0.25, -0.2) is 0 Å². The number of hydrogen-bond donors (Lipinski definition) is 0. The first-order valence-electron chi connectivity index (χ1n) is 6.36. The van der Waals surface area contributed by atoms with Crippen molar-refractivity contribution in [2.24, 2.45) is 5.92 Å². The predicted octanol–water partition coefficient (Wildman–Crippen LogP) is 3.82. The lowest BCUT2D eigenvalue weighted by Gasteiger charge is -2.27. The summed E-state index contributed by atoms with van der Waals surface area (Å²) < 4.78 is 5.98. The third-order valence-corrected chi connectivity index (χ3v) is 3.44. The summed E-state index contributed by atoms with van der Waals surface area (Å²) in [7, 11) is 0. The minimum Gasteiger partial charge on any atom is -0.489 e. The molecule has 2 nitrogen and oxygen atoms in total. The molecule has 0 spiro atoms. The minimum absolute atomic E-state index is 0.286. The maximum absolute atomic E-state index is 9.09. The van der Waals surface area contributed by atoms with Crippen molar-refractivity contribution < 1.29 is 4.74 Å². The summed E-state index contributed by atoms with van der Waals surface area (Å²) in [5.74, 6) is 1.49. The molecule has 2 rings (SSSR count). The van der Waals surface area contributed by atoms with Gasteiger partial charge in [-0.3, -0.25) is 0 Å². The summed E-state index contributed by atoms with van der Waals surface area (Å²) in [6.45, 7) is 4.27. The zero-order chi connectivity index (χ0) is 12.3. The van der Waals surface area contributed by atoms with Crippen molar-refractivity contribution in [3.8, 4) is 11.8 Å². The molecule has 0 amide bonds. The zero-order valence-corrected chi connectivity index (χ0v) is 10.6. The Labute approximate surface area is 103 Å². The highest BCUT2D eigenvalue weighted by molar-refractivity contribution is 5.45. The Kier molecular flexibility index (Phi) is 3.68. The van der Waals surface area contributed by atoms with Crippen molar-refractivity contribution in [1.82, 2.24) is 0 Å². The standard InChI is InChI=1S/C15H19NO/c1-11-4-3-5-14(9-11)17-15-7-6-12(2)8-13(15)10-16/h6-8,11,14H,3-5,9H2,1-2H3. The Morgan fingerprint density at radius 1 is 1.35 bits per heavy atom. The molecule has 0 aromatic heterocycles. The van der Waals surface area contributed by atoms with Gasteiger partial charge in [-0.2, -0.15) is 5.26 Å². The van der Waals surface area contributed by atoms with Gasteiger partial charge in [0.15, 0.2) is 0 Å². The number of benzene rings is 1. The maximum atomic E-state index is 9.09. The normalized spacial score (nSPS) is 24.1. The second kappa shape index (κ2) is 5.23. The number of nitriles is 1. The van der Waals surface area contributed by atoms with Gasteiger partial charge in [0.1, 0.15) is 11.8 Å². The van der Waals surface area contributed by atoms with Crippen LogP contribution in [0.25, 0.3) is 0 Å². The Morgan fingerprint density at radius 2 is 2.18 bits per heavy atom. The van der Waals surface area contributed by atoms with Crippen LogP contribution in [0.1, 0.15) is 43.7 Å². The Bertz CT molecular complexity index is 433. The van der Waals surface area contributed by atoms with E-state index in [1.54, 1.807) is 0 Å². The smallest absolute Gasteiger partial charge is 0.137 e. The monoisotopic (exact) mass is 229 g/mol. The zero-order valence-electron chi connectivity index (χ0n) is 10.6. The largest absolute Gasteiger partial charge is 0.489 e. The summed E-state index contributed by atoms with van der Waals surface area (Å²) in [6, 6.07) is 8.03. The van der Waals surface area contributed by atoms with Crippen LogP contribution >= 0.6 is 0 Å². The average molecular weight is 229 g/mol. The van der Waals surface area contributed by atoms with E-state index in [0.29, 0.717) is 5.56 Å². The molecule has 0 aliphatic heterocycles. The van der Waals surface area contributed by atoms with Crippen LogP contribution in [0.5, 0.6) is 5.75 Å². The fourth-order valence-electron chi connectivity index (χ4n) is 2.50. The van der Waals surface area contributed by atoms with Crippen molar-refractivity contribution in [2.75, 3.05) is 0 Å². The molecule has 2 unspecified atom stereocenters. The predicted molar refractivity (Wildman–Crippen MR) is 67.9 cm³/mol. The number of aryl methyl sites for hydroxylation is 1. The quantitative estimate of drug-likeness (QED) is 0.772. The highest BCUT2D eigenvalue weighted by Gasteiger charge is 2.21. The van der Waals surface area contributed by atoms with E-state index in [0.717, 1.165) is 30.1 Å². The number of nitrogens with zero attached hydrogens (tertiary/aromatic N) is 1. The first-order chi connectivity index (χ1) is 8.19. The first-order valence-corrected chi connectivity index (χ1v) is 6.36. The van der Waals surface area contributed by atoms with E-state index in [9.17, 15) is 0 Å². The molecule has 0 saturated heterocycles. The number of rotatable bonds is 2. The van der Waals surface area contributed by atoms with Crippen molar-refractivity contribution >= 4 is 0 Å². The van der Waals surface area contributed by atoms with Gasteiger partial charge in [0.25, 0.3) is 0 Å². The average Bonchev–Trinajstić information content (AvgIpc) is 2.31. The maximum Gasteiger partial charge on any atom is 0.137 e. The van der Waals surface area contributed by atoms with Crippen molar-refractivity contribution in [2.45, 2.75) is 45.6 Å². The molecule has 0 heterocycles. The van der Waals surface area contributed by atoms with E-state index in [1.165, 1.54) is 12.8 Å². The van der Waals surface area contributed by atoms with Gasteiger partial charge in [0, 0.05) is 0 Å². The van der Waals surface area contributed by atoms with Gasteiger partial charge < -0.3 is 4.74 Å². The molecule has 17 heavy (non-hydrogen) atoms. The third-order valence-electron chi connectivity index (χ3n) is 3.44. The van der Waals surface area contributed by atoms with Crippen molar-refractivity contribution in [3.63, 3.8) is 0 Å². The third kappa shape index (κ3) is 3.00. The fraction of sp³-hybridized carbons (Fsp3) is 0.533. The molecule has 0 N–H and O–H groups in total. The summed E-state index contributed by atoms with van der Waals surface area (Å²) >= 11 is 0. The highest BCUT2D eigenvalue weighted by atomic mass is 16.5. The summed E-state index contributed by atoms with van der Waals surface area (Å²) in [5, 5.41) is 9.09.